The van der Waals surface area contributed by atoms with Crippen molar-refractivity contribution in [3.05, 3.63) is 0 Å². The van der Waals surface area contributed by atoms with Crippen molar-refractivity contribution in [3.8, 4) is 0 Å². The summed E-state index contributed by atoms with van der Waals surface area (Å²) >= 11 is 0. The lowest BCUT2D eigenvalue weighted by Crippen LogP contribution is -2.34. The molecule has 1 heterocycles. The Labute approximate surface area is 63.6 Å². The number of hydrogen-bond acceptors (Lipinski definition) is 3. The summed E-state index contributed by atoms with van der Waals surface area (Å²) in [6.45, 7) is 1.63. The van der Waals surface area contributed by atoms with Gasteiger partial charge >= 0.3 is 12.0 Å². The molecular formula is C6H8N2O3. The molecule has 0 fully saturated rings. The lowest BCUT2D eigenvalue weighted by atomic mass is 10.4. The smallest absolute Gasteiger partial charge is 0.337 e. The van der Waals surface area contributed by atoms with Crippen LogP contribution in [0.5, 0.6) is 0 Å². The van der Waals surface area contributed by atoms with E-state index >= 15 is 0 Å². The van der Waals surface area contributed by atoms with Gasteiger partial charge in [-0.3, -0.25) is 4.79 Å². The maximum absolute atomic E-state index is 10.8. The molecule has 0 bridgehead atoms. The molecule has 0 aromatic rings. The third-order valence-corrected chi connectivity index (χ3v) is 1.12. The molecular weight excluding hydrogens is 148 g/mol. The monoisotopic (exact) mass is 156 g/mol. The molecule has 0 N–H and O–H groups in total. The van der Waals surface area contributed by atoms with Crippen molar-refractivity contribution in [2.45, 2.75) is 13.3 Å². The summed E-state index contributed by atoms with van der Waals surface area (Å²) in [6.07, 6.45) is 2.13. The summed E-state index contributed by atoms with van der Waals surface area (Å²) < 4.78 is 0. The number of carbonyl (C=O) groups excluding carboxylic acids is 2. The topological polar surface area (TPSA) is 59.0 Å². The first kappa shape index (κ1) is 7.71. The highest BCUT2D eigenvalue weighted by Gasteiger charge is 2.17. The Bertz CT molecular complexity index is 212. The third-order valence-electron chi connectivity index (χ3n) is 1.12. The molecule has 0 aromatic carbocycles. The van der Waals surface area contributed by atoms with Crippen molar-refractivity contribution in [2.24, 2.45) is 4.99 Å². The van der Waals surface area contributed by atoms with Crippen molar-refractivity contribution >= 4 is 18.2 Å². The maximum Gasteiger partial charge on any atom is 0.376 e. The Kier molecular flexibility index (Phi) is 2.20. The van der Waals surface area contributed by atoms with E-state index in [2.05, 4.69) is 9.83 Å². The molecule has 1 aliphatic heterocycles. The van der Waals surface area contributed by atoms with Crippen molar-refractivity contribution in [2.75, 3.05) is 6.54 Å². The van der Waals surface area contributed by atoms with Crippen molar-refractivity contribution in [3.63, 3.8) is 0 Å². The first-order valence-electron chi connectivity index (χ1n) is 3.22. The van der Waals surface area contributed by atoms with Gasteiger partial charge in [0.1, 0.15) is 0 Å². The number of hydrogen-bond donors (Lipinski definition) is 0. The van der Waals surface area contributed by atoms with Crippen LogP contribution in [-0.4, -0.2) is 29.8 Å². The second-order valence-corrected chi connectivity index (χ2v) is 2.07. The molecule has 5 nitrogen and oxygen atoms in total. The van der Waals surface area contributed by atoms with Gasteiger partial charge < -0.3 is 4.84 Å². The van der Waals surface area contributed by atoms with E-state index in [1.807, 2.05) is 0 Å². The number of urea groups is 1. The van der Waals surface area contributed by atoms with E-state index in [1.54, 1.807) is 0 Å². The molecule has 1 rings (SSSR count). The van der Waals surface area contributed by atoms with Crippen molar-refractivity contribution < 1.29 is 14.4 Å². The number of rotatable bonds is 1. The van der Waals surface area contributed by atoms with E-state index in [1.165, 1.54) is 13.1 Å². The molecule has 0 aliphatic carbocycles. The lowest BCUT2D eigenvalue weighted by Gasteiger charge is -2.19. The minimum Gasteiger partial charge on any atom is -0.337 e. The third kappa shape index (κ3) is 2.03. The second kappa shape index (κ2) is 3.14. The highest BCUT2D eigenvalue weighted by molar-refractivity contribution is 5.86. The summed E-state index contributed by atoms with van der Waals surface area (Å²) in [5.74, 6) is -0.504. The first-order valence-corrected chi connectivity index (χ1v) is 3.22. The molecule has 60 valence electrons. The summed E-state index contributed by atoms with van der Waals surface area (Å²) in [5, 5.41) is 0.947. The van der Waals surface area contributed by atoms with Gasteiger partial charge in [-0.15, -0.1) is 0 Å². The van der Waals surface area contributed by atoms with Crippen LogP contribution >= 0.6 is 0 Å². The number of carbonyl (C=O) groups is 2. The summed E-state index contributed by atoms with van der Waals surface area (Å²) in [6, 6.07) is -0.522. The SMILES string of the molecule is CC(=O)ON1CCC=NC1=O. The fraction of sp³-hybridized carbons (Fsp3) is 0.500. The molecule has 5 heteroatoms. The van der Waals surface area contributed by atoms with E-state index in [-0.39, 0.29) is 0 Å². The Morgan fingerprint density at radius 1 is 1.82 bits per heavy atom. The molecule has 0 unspecified atom stereocenters. The normalized spacial score (nSPS) is 16.8. The molecule has 0 saturated carbocycles. The van der Waals surface area contributed by atoms with Crippen LogP contribution in [0.1, 0.15) is 13.3 Å². The fourth-order valence-electron chi connectivity index (χ4n) is 0.718. The van der Waals surface area contributed by atoms with E-state index in [4.69, 9.17) is 0 Å². The van der Waals surface area contributed by atoms with Crippen LogP contribution in [0.2, 0.25) is 0 Å². The zero-order chi connectivity index (χ0) is 8.27. The minimum atomic E-state index is -0.522. The summed E-state index contributed by atoms with van der Waals surface area (Å²) in [7, 11) is 0. The van der Waals surface area contributed by atoms with E-state index in [0.717, 1.165) is 5.06 Å². The molecule has 0 spiro atoms. The van der Waals surface area contributed by atoms with Crippen LogP contribution in [-0.2, 0) is 9.63 Å². The number of aliphatic imine (C=N–C) groups is 1. The highest BCUT2D eigenvalue weighted by Crippen LogP contribution is 2.01. The largest absolute Gasteiger partial charge is 0.376 e. The van der Waals surface area contributed by atoms with Gasteiger partial charge in [0.15, 0.2) is 0 Å². The van der Waals surface area contributed by atoms with Gasteiger partial charge in [-0.25, -0.2) is 9.79 Å². The molecule has 0 aromatic heterocycles. The zero-order valence-electron chi connectivity index (χ0n) is 6.11. The van der Waals surface area contributed by atoms with Crippen LogP contribution in [0.4, 0.5) is 4.79 Å². The highest BCUT2D eigenvalue weighted by atomic mass is 16.7. The predicted octanol–water partition coefficient (Wildman–Crippen LogP) is 0.361. The standard InChI is InChI=1S/C6H8N2O3/c1-5(9)11-8-4-2-3-7-6(8)10/h3H,2,4H2,1H3. The van der Waals surface area contributed by atoms with Crippen molar-refractivity contribution in [1.82, 2.24) is 5.06 Å². The zero-order valence-corrected chi connectivity index (χ0v) is 6.11. The van der Waals surface area contributed by atoms with Gasteiger partial charge in [0.25, 0.3) is 0 Å². The maximum atomic E-state index is 10.8. The van der Waals surface area contributed by atoms with Crippen LogP contribution in [0.25, 0.3) is 0 Å². The molecule has 0 radical (unpaired) electrons. The van der Waals surface area contributed by atoms with Crippen LogP contribution in [0, 0.1) is 0 Å². The average Bonchev–Trinajstić information content (AvgIpc) is 1.93. The summed E-state index contributed by atoms with van der Waals surface area (Å²) in [5.41, 5.74) is 0. The van der Waals surface area contributed by atoms with E-state index in [0.29, 0.717) is 13.0 Å². The van der Waals surface area contributed by atoms with Gasteiger partial charge in [0.05, 0.1) is 6.54 Å². The molecule has 0 saturated heterocycles. The van der Waals surface area contributed by atoms with E-state index < -0.39 is 12.0 Å². The predicted molar refractivity (Wildman–Crippen MR) is 37.0 cm³/mol. The number of nitrogens with zero attached hydrogens (tertiary/aromatic N) is 2. The van der Waals surface area contributed by atoms with Crippen molar-refractivity contribution in [1.29, 1.82) is 0 Å². The molecule has 1 aliphatic rings. The van der Waals surface area contributed by atoms with Crippen LogP contribution < -0.4 is 0 Å². The van der Waals surface area contributed by atoms with E-state index in [9.17, 15) is 9.59 Å². The fourth-order valence-corrected chi connectivity index (χ4v) is 0.718. The number of amides is 2. The van der Waals surface area contributed by atoms with Gasteiger partial charge in [0, 0.05) is 19.6 Å². The minimum absolute atomic E-state index is 0.391. The first-order chi connectivity index (χ1) is 5.20. The Morgan fingerprint density at radius 2 is 2.55 bits per heavy atom. The molecule has 2 amide bonds. The molecule has 0 atom stereocenters. The quantitative estimate of drug-likeness (QED) is 0.550. The van der Waals surface area contributed by atoms with Crippen LogP contribution in [0.3, 0.4) is 0 Å². The Morgan fingerprint density at radius 3 is 3.09 bits per heavy atom. The second-order valence-electron chi connectivity index (χ2n) is 2.07. The van der Waals surface area contributed by atoms with Gasteiger partial charge in [-0.05, 0) is 0 Å². The van der Waals surface area contributed by atoms with Crippen LogP contribution in [0.15, 0.2) is 4.99 Å². The van der Waals surface area contributed by atoms with Gasteiger partial charge in [-0.2, -0.15) is 5.06 Å². The number of hydroxylamine groups is 2. The molecule has 11 heavy (non-hydrogen) atoms. The van der Waals surface area contributed by atoms with Gasteiger partial charge in [0.2, 0.25) is 0 Å². The Balaban J connectivity index is 2.52. The average molecular weight is 156 g/mol. The Hall–Kier alpha value is -1.39. The van der Waals surface area contributed by atoms with Gasteiger partial charge in [-0.1, -0.05) is 0 Å². The lowest BCUT2D eigenvalue weighted by molar-refractivity contribution is -0.173. The summed E-state index contributed by atoms with van der Waals surface area (Å²) in [4.78, 5) is 29.2.